The summed E-state index contributed by atoms with van der Waals surface area (Å²) in [6, 6.07) is 0. The van der Waals surface area contributed by atoms with Crippen molar-refractivity contribution in [3.05, 3.63) is 0 Å². The van der Waals surface area contributed by atoms with Gasteiger partial charge in [-0.15, -0.1) is 0 Å². The van der Waals surface area contributed by atoms with Gasteiger partial charge in [0, 0.05) is 12.5 Å². The minimum atomic E-state index is -0.606. The van der Waals surface area contributed by atoms with Crippen molar-refractivity contribution >= 4 is 11.8 Å². The molecule has 0 spiro atoms. The smallest absolute Gasteiger partial charge is 0.410 e. The predicted octanol–water partition coefficient (Wildman–Crippen LogP) is 0.521. The number of rotatable bonds is 0. The molecule has 0 aromatic heterocycles. The zero-order valence-corrected chi connectivity index (χ0v) is 10.4. The molecule has 0 aromatic rings. The second-order valence-corrected chi connectivity index (χ2v) is 5.47. The first-order chi connectivity index (χ1) is 7.87. The van der Waals surface area contributed by atoms with Crippen LogP contribution in [-0.4, -0.2) is 46.7 Å². The molecular formula is C11H19N3O3. The first-order valence-corrected chi connectivity index (χ1v) is 5.85. The summed E-state index contributed by atoms with van der Waals surface area (Å²) in [4.78, 5) is 13.5. The summed E-state index contributed by atoms with van der Waals surface area (Å²) < 4.78 is 5.30. The number of aliphatic hydroxyl groups excluding tert-OH is 1. The Hall–Kier alpha value is -1.30. The van der Waals surface area contributed by atoms with Gasteiger partial charge >= 0.3 is 6.09 Å². The van der Waals surface area contributed by atoms with E-state index in [0.29, 0.717) is 19.5 Å². The summed E-state index contributed by atoms with van der Waals surface area (Å²) in [6.45, 7) is 6.56. The van der Waals surface area contributed by atoms with Gasteiger partial charge in [-0.3, -0.25) is 5.43 Å². The highest BCUT2D eigenvalue weighted by molar-refractivity contribution is 5.93. The maximum Gasteiger partial charge on any atom is 0.410 e. The van der Waals surface area contributed by atoms with Crippen molar-refractivity contribution < 1.29 is 14.6 Å². The highest BCUT2D eigenvalue weighted by Gasteiger charge is 2.37. The van der Waals surface area contributed by atoms with E-state index in [4.69, 9.17) is 4.74 Å². The second kappa shape index (κ2) is 4.18. The summed E-state index contributed by atoms with van der Waals surface area (Å²) in [5.41, 5.74) is 2.98. The fourth-order valence-corrected chi connectivity index (χ4v) is 2.03. The van der Waals surface area contributed by atoms with Crippen LogP contribution in [0.15, 0.2) is 5.10 Å². The van der Waals surface area contributed by atoms with E-state index in [-0.39, 0.29) is 12.0 Å². The van der Waals surface area contributed by atoms with Crippen molar-refractivity contribution in [1.82, 2.24) is 10.3 Å². The van der Waals surface area contributed by atoms with Gasteiger partial charge in [-0.25, -0.2) is 4.79 Å². The highest BCUT2D eigenvalue weighted by atomic mass is 16.6. The topological polar surface area (TPSA) is 74.2 Å². The normalized spacial score (nSPS) is 28.2. The molecule has 2 unspecified atom stereocenters. The number of ether oxygens (including phenoxy) is 1. The number of hydrazone groups is 1. The zero-order valence-electron chi connectivity index (χ0n) is 10.4. The third-order valence-corrected chi connectivity index (χ3v) is 2.86. The van der Waals surface area contributed by atoms with Crippen LogP contribution in [0.2, 0.25) is 0 Å². The van der Waals surface area contributed by atoms with Crippen LogP contribution in [0.25, 0.3) is 0 Å². The second-order valence-electron chi connectivity index (χ2n) is 5.47. The first kappa shape index (κ1) is 12.2. The van der Waals surface area contributed by atoms with Gasteiger partial charge in [-0.2, -0.15) is 5.10 Å². The third-order valence-electron chi connectivity index (χ3n) is 2.86. The summed E-state index contributed by atoms with van der Waals surface area (Å²) in [6.07, 6.45) is -0.211. The lowest BCUT2D eigenvalue weighted by Gasteiger charge is -2.32. The average Bonchev–Trinajstić information content (AvgIpc) is 2.57. The quantitative estimate of drug-likeness (QED) is 0.648. The first-order valence-electron chi connectivity index (χ1n) is 5.85. The van der Waals surface area contributed by atoms with E-state index in [9.17, 15) is 9.90 Å². The molecule has 2 aliphatic rings. The van der Waals surface area contributed by atoms with E-state index in [0.717, 1.165) is 5.71 Å². The largest absolute Gasteiger partial charge is 0.444 e. The SMILES string of the molecule is CC(C)(C)OC(=O)N1CCC2C(=NNC2O)C1. The fraction of sp³-hybridized carbons (Fsp3) is 0.818. The Morgan fingerprint density at radius 3 is 2.94 bits per heavy atom. The van der Waals surface area contributed by atoms with E-state index in [2.05, 4.69) is 10.5 Å². The van der Waals surface area contributed by atoms with Gasteiger partial charge in [-0.1, -0.05) is 0 Å². The Morgan fingerprint density at radius 2 is 2.29 bits per heavy atom. The molecule has 0 bridgehead atoms. The number of piperidine rings is 1. The Morgan fingerprint density at radius 1 is 1.59 bits per heavy atom. The van der Waals surface area contributed by atoms with Crippen LogP contribution in [0.3, 0.4) is 0 Å². The molecule has 2 aliphatic heterocycles. The number of carbonyl (C=O) groups excluding carboxylic acids is 1. The Kier molecular flexibility index (Phi) is 2.99. The van der Waals surface area contributed by atoms with E-state index in [1.807, 2.05) is 20.8 Å². The number of nitrogens with one attached hydrogen (secondary N) is 1. The zero-order chi connectivity index (χ0) is 12.6. The van der Waals surface area contributed by atoms with Crippen molar-refractivity contribution in [2.24, 2.45) is 11.0 Å². The number of hydrogen-bond donors (Lipinski definition) is 2. The number of carbonyl (C=O) groups is 1. The van der Waals surface area contributed by atoms with Crippen molar-refractivity contribution in [2.45, 2.75) is 39.0 Å². The number of nitrogens with zero attached hydrogens (tertiary/aromatic N) is 2. The lowest BCUT2D eigenvalue weighted by Crippen LogP contribution is -2.47. The number of aliphatic hydroxyl groups is 1. The molecule has 0 radical (unpaired) electrons. The minimum absolute atomic E-state index is 0.0358. The molecule has 0 aromatic carbocycles. The Balaban J connectivity index is 1.95. The average molecular weight is 241 g/mol. The standard InChI is InChI=1S/C11H19N3O3/c1-11(2,3)17-10(16)14-5-4-7-8(6-14)12-13-9(7)15/h7,9,13,15H,4-6H2,1-3H3. The molecule has 96 valence electrons. The molecule has 6 nitrogen and oxygen atoms in total. The maximum atomic E-state index is 11.8. The van der Waals surface area contributed by atoms with Crippen molar-refractivity contribution in [3.63, 3.8) is 0 Å². The lowest BCUT2D eigenvalue weighted by atomic mass is 9.94. The summed E-state index contributed by atoms with van der Waals surface area (Å²) in [5, 5.41) is 13.6. The third kappa shape index (κ3) is 2.69. The molecule has 6 heteroatoms. The molecule has 1 saturated heterocycles. The van der Waals surface area contributed by atoms with Gasteiger partial charge in [-0.05, 0) is 27.2 Å². The van der Waals surface area contributed by atoms with Gasteiger partial charge in [0.1, 0.15) is 11.8 Å². The maximum absolute atomic E-state index is 11.8. The molecule has 2 N–H and O–H groups in total. The summed E-state index contributed by atoms with van der Waals surface area (Å²) in [5.74, 6) is 0.0358. The molecule has 2 rings (SSSR count). The van der Waals surface area contributed by atoms with E-state index in [1.165, 1.54) is 0 Å². The van der Waals surface area contributed by atoms with Crippen molar-refractivity contribution in [1.29, 1.82) is 0 Å². The highest BCUT2D eigenvalue weighted by Crippen LogP contribution is 2.22. The molecule has 0 saturated carbocycles. The van der Waals surface area contributed by atoms with Gasteiger partial charge in [0.2, 0.25) is 0 Å². The minimum Gasteiger partial charge on any atom is -0.444 e. The molecule has 1 fully saturated rings. The van der Waals surface area contributed by atoms with Crippen LogP contribution < -0.4 is 5.43 Å². The van der Waals surface area contributed by atoms with Crippen LogP contribution in [0.1, 0.15) is 27.2 Å². The van der Waals surface area contributed by atoms with Crippen molar-refractivity contribution in [2.75, 3.05) is 13.1 Å². The van der Waals surface area contributed by atoms with Crippen LogP contribution >= 0.6 is 0 Å². The molecule has 17 heavy (non-hydrogen) atoms. The van der Waals surface area contributed by atoms with E-state index in [1.54, 1.807) is 4.90 Å². The van der Waals surface area contributed by atoms with Gasteiger partial charge in [0.25, 0.3) is 0 Å². The molecule has 2 atom stereocenters. The van der Waals surface area contributed by atoms with Crippen LogP contribution in [-0.2, 0) is 4.74 Å². The van der Waals surface area contributed by atoms with Gasteiger partial charge in [0.05, 0.1) is 12.3 Å². The predicted molar refractivity (Wildman–Crippen MR) is 62.5 cm³/mol. The fourth-order valence-electron chi connectivity index (χ4n) is 2.03. The van der Waals surface area contributed by atoms with E-state index < -0.39 is 11.8 Å². The molecular weight excluding hydrogens is 222 g/mol. The number of fused-ring (bicyclic) bond motifs is 1. The molecule has 1 amide bonds. The van der Waals surface area contributed by atoms with Gasteiger partial charge < -0.3 is 14.7 Å². The lowest BCUT2D eigenvalue weighted by molar-refractivity contribution is 0.0229. The van der Waals surface area contributed by atoms with Crippen LogP contribution in [0.5, 0.6) is 0 Å². The van der Waals surface area contributed by atoms with Crippen LogP contribution in [0, 0.1) is 5.92 Å². The number of hydrogen-bond acceptors (Lipinski definition) is 5. The monoisotopic (exact) mass is 241 g/mol. The number of amides is 1. The van der Waals surface area contributed by atoms with Crippen molar-refractivity contribution in [3.8, 4) is 0 Å². The Labute approximate surface area is 101 Å². The molecule has 0 aliphatic carbocycles. The summed E-state index contributed by atoms with van der Waals surface area (Å²) >= 11 is 0. The van der Waals surface area contributed by atoms with Gasteiger partial charge in [0.15, 0.2) is 0 Å². The Bertz CT molecular complexity index is 348. The molecule has 2 heterocycles. The number of likely N-dealkylation sites (tertiary alicyclic amines) is 1. The summed E-state index contributed by atoms with van der Waals surface area (Å²) in [7, 11) is 0. The van der Waals surface area contributed by atoms with E-state index >= 15 is 0 Å². The van der Waals surface area contributed by atoms with Crippen LogP contribution in [0.4, 0.5) is 4.79 Å².